The van der Waals surface area contributed by atoms with E-state index < -0.39 is 9.84 Å². The third-order valence-corrected chi connectivity index (χ3v) is 5.43. The summed E-state index contributed by atoms with van der Waals surface area (Å²) >= 11 is 5.82. The molecule has 0 aliphatic rings. The minimum absolute atomic E-state index is 0.0588. The summed E-state index contributed by atoms with van der Waals surface area (Å²) in [6.07, 6.45) is 0. The number of sulfone groups is 1. The zero-order valence-electron chi connectivity index (χ0n) is 12.3. The molecule has 0 aliphatic carbocycles. The zero-order valence-corrected chi connectivity index (χ0v) is 13.8. The molecule has 2 aromatic rings. The van der Waals surface area contributed by atoms with Gasteiger partial charge in [0.15, 0.2) is 9.84 Å². The van der Waals surface area contributed by atoms with E-state index in [2.05, 4.69) is 0 Å². The standard InChI is InChI=1S/C16H18ClNO2S/c1-10-6-11(2)14(12(3)7-10)9-21(19,20)16-5-4-13(17)8-15(16)18/h4-8H,9,18H2,1-3H3. The second kappa shape index (κ2) is 5.70. The second-order valence-corrected chi connectivity index (χ2v) is 7.71. The maximum Gasteiger partial charge on any atom is 0.184 e. The molecule has 0 fully saturated rings. The van der Waals surface area contributed by atoms with Gasteiger partial charge < -0.3 is 5.73 Å². The molecule has 0 amide bonds. The number of hydrogen-bond acceptors (Lipinski definition) is 3. The maximum atomic E-state index is 12.6. The monoisotopic (exact) mass is 323 g/mol. The molecule has 0 unspecified atom stereocenters. The molecule has 5 heteroatoms. The highest BCUT2D eigenvalue weighted by molar-refractivity contribution is 7.90. The molecule has 2 rings (SSSR count). The van der Waals surface area contributed by atoms with Crippen molar-refractivity contribution >= 4 is 27.1 Å². The number of benzene rings is 2. The Hall–Kier alpha value is -1.52. The Morgan fingerprint density at radius 2 is 1.62 bits per heavy atom. The summed E-state index contributed by atoms with van der Waals surface area (Å²) < 4.78 is 25.2. The van der Waals surface area contributed by atoms with E-state index in [0.717, 1.165) is 22.3 Å². The van der Waals surface area contributed by atoms with Crippen LogP contribution in [0, 0.1) is 20.8 Å². The summed E-state index contributed by atoms with van der Waals surface area (Å²) in [5.74, 6) is -0.0588. The van der Waals surface area contributed by atoms with Crippen molar-refractivity contribution in [3.05, 3.63) is 57.6 Å². The summed E-state index contributed by atoms with van der Waals surface area (Å²) in [5.41, 5.74) is 9.89. The lowest BCUT2D eigenvalue weighted by Gasteiger charge is -2.13. The first-order valence-corrected chi connectivity index (χ1v) is 8.58. The number of nitrogen functional groups attached to an aromatic ring is 1. The molecular weight excluding hydrogens is 306 g/mol. The minimum atomic E-state index is -3.50. The number of hydrogen-bond donors (Lipinski definition) is 1. The van der Waals surface area contributed by atoms with Crippen LogP contribution in [0.15, 0.2) is 35.2 Å². The van der Waals surface area contributed by atoms with Crippen molar-refractivity contribution < 1.29 is 8.42 Å². The van der Waals surface area contributed by atoms with Gasteiger partial charge in [0.05, 0.1) is 16.3 Å². The molecule has 0 spiro atoms. The summed E-state index contributed by atoms with van der Waals surface area (Å²) in [6, 6.07) is 8.45. The van der Waals surface area contributed by atoms with Gasteiger partial charge >= 0.3 is 0 Å². The van der Waals surface area contributed by atoms with Crippen molar-refractivity contribution in [1.29, 1.82) is 0 Å². The van der Waals surface area contributed by atoms with Gasteiger partial charge in [-0.3, -0.25) is 0 Å². The van der Waals surface area contributed by atoms with Crippen LogP contribution < -0.4 is 5.73 Å². The van der Waals surface area contributed by atoms with Gasteiger partial charge in [0.2, 0.25) is 0 Å². The van der Waals surface area contributed by atoms with Gasteiger partial charge in [0.1, 0.15) is 0 Å². The van der Waals surface area contributed by atoms with Crippen LogP contribution in [0.2, 0.25) is 5.02 Å². The van der Waals surface area contributed by atoms with Crippen molar-refractivity contribution in [2.45, 2.75) is 31.4 Å². The molecule has 21 heavy (non-hydrogen) atoms. The molecule has 2 aromatic carbocycles. The highest BCUT2D eigenvalue weighted by Gasteiger charge is 2.20. The first kappa shape index (κ1) is 15.9. The summed E-state index contributed by atoms with van der Waals surface area (Å²) in [7, 11) is -3.50. The Morgan fingerprint density at radius 3 is 2.14 bits per heavy atom. The van der Waals surface area contributed by atoms with Crippen LogP contribution in [0.3, 0.4) is 0 Å². The van der Waals surface area contributed by atoms with Crippen LogP contribution in [-0.4, -0.2) is 8.42 Å². The number of aryl methyl sites for hydroxylation is 3. The molecule has 0 bridgehead atoms. The Labute approximate surface area is 130 Å². The lowest BCUT2D eigenvalue weighted by molar-refractivity contribution is 0.595. The van der Waals surface area contributed by atoms with Gasteiger partial charge in [-0.25, -0.2) is 8.42 Å². The van der Waals surface area contributed by atoms with Crippen LogP contribution in [-0.2, 0) is 15.6 Å². The van der Waals surface area contributed by atoms with Crippen molar-refractivity contribution in [3.63, 3.8) is 0 Å². The lowest BCUT2D eigenvalue weighted by atomic mass is 10.0. The average Bonchev–Trinajstić information content (AvgIpc) is 2.33. The van der Waals surface area contributed by atoms with Crippen LogP contribution in [0.4, 0.5) is 5.69 Å². The van der Waals surface area contributed by atoms with E-state index in [0.29, 0.717) is 5.02 Å². The van der Waals surface area contributed by atoms with Gasteiger partial charge in [0.25, 0.3) is 0 Å². The SMILES string of the molecule is Cc1cc(C)c(CS(=O)(=O)c2ccc(Cl)cc2N)c(C)c1. The molecule has 0 aromatic heterocycles. The van der Waals surface area contributed by atoms with Crippen molar-refractivity contribution in [3.8, 4) is 0 Å². The van der Waals surface area contributed by atoms with E-state index in [1.54, 1.807) is 6.07 Å². The van der Waals surface area contributed by atoms with Gasteiger partial charge in [-0.15, -0.1) is 0 Å². The fourth-order valence-corrected chi connectivity index (χ4v) is 4.37. The smallest absolute Gasteiger partial charge is 0.184 e. The Morgan fingerprint density at radius 1 is 1.05 bits per heavy atom. The fourth-order valence-electron chi connectivity index (χ4n) is 2.51. The van der Waals surface area contributed by atoms with E-state index >= 15 is 0 Å². The van der Waals surface area contributed by atoms with Crippen molar-refractivity contribution in [1.82, 2.24) is 0 Å². The normalized spacial score (nSPS) is 11.6. The first-order chi connectivity index (χ1) is 9.70. The molecule has 0 saturated carbocycles. The molecule has 3 nitrogen and oxygen atoms in total. The largest absolute Gasteiger partial charge is 0.398 e. The highest BCUT2D eigenvalue weighted by Crippen LogP contribution is 2.27. The van der Waals surface area contributed by atoms with Crippen LogP contribution >= 0.6 is 11.6 Å². The molecular formula is C16H18ClNO2S. The summed E-state index contributed by atoms with van der Waals surface area (Å²) in [6.45, 7) is 5.85. The third kappa shape index (κ3) is 3.39. The highest BCUT2D eigenvalue weighted by atomic mass is 35.5. The van der Waals surface area contributed by atoms with Gasteiger partial charge in [-0.1, -0.05) is 29.3 Å². The molecule has 0 radical (unpaired) electrons. The molecule has 0 atom stereocenters. The second-order valence-electron chi connectivity index (χ2n) is 5.32. The minimum Gasteiger partial charge on any atom is -0.398 e. The predicted octanol–water partition coefficient (Wildman–Crippen LogP) is 3.82. The molecule has 0 heterocycles. The van der Waals surface area contributed by atoms with Gasteiger partial charge in [-0.05, 0) is 55.7 Å². The molecule has 112 valence electrons. The van der Waals surface area contributed by atoms with Gasteiger partial charge in [-0.2, -0.15) is 0 Å². The van der Waals surface area contributed by atoms with E-state index in [-0.39, 0.29) is 16.3 Å². The predicted molar refractivity (Wildman–Crippen MR) is 87.4 cm³/mol. The summed E-state index contributed by atoms with van der Waals surface area (Å²) in [4.78, 5) is 0.131. The Bertz CT molecular complexity index is 775. The fraction of sp³-hybridized carbons (Fsp3) is 0.250. The van der Waals surface area contributed by atoms with E-state index in [1.165, 1.54) is 12.1 Å². The van der Waals surface area contributed by atoms with Crippen LogP contribution in [0.25, 0.3) is 0 Å². The number of halogens is 1. The average molecular weight is 324 g/mol. The van der Waals surface area contributed by atoms with E-state index in [9.17, 15) is 8.42 Å². The first-order valence-electron chi connectivity index (χ1n) is 6.55. The quantitative estimate of drug-likeness (QED) is 0.873. The maximum absolute atomic E-state index is 12.6. The van der Waals surface area contributed by atoms with E-state index in [1.807, 2.05) is 32.9 Å². The van der Waals surface area contributed by atoms with E-state index in [4.69, 9.17) is 17.3 Å². The van der Waals surface area contributed by atoms with Crippen molar-refractivity contribution in [2.24, 2.45) is 0 Å². The third-order valence-electron chi connectivity index (χ3n) is 3.48. The van der Waals surface area contributed by atoms with Crippen LogP contribution in [0.5, 0.6) is 0 Å². The zero-order chi connectivity index (χ0) is 15.8. The number of nitrogens with two attached hydrogens (primary N) is 1. The Kier molecular flexibility index (Phi) is 4.30. The number of rotatable bonds is 3. The lowest BCUT2D eigenvalue weighted by Crippen LogP contribution is -2.10. The van der Waals surface area contributed by atoms with Crippen LogP contribution in [0.1, 0.15) is 22.3 Å². The molecule has 2 N–H and O–H groups in total. The Balaban J connectivity index is 2.47. The molecule has 0 saturated heterocycles. The number of anilines is 1. The summed E-state index contributed by atoms with van der Waals surface area (Å²) in [5, 5.41) is 0.425. The topological polar surface area (TPSA) is 60.2 Å². The van der Waals surface area contributed by atoms with Crippen molar-refractivity contribution in [2.75, 3.05) is 5.73 Å². The molecule has 0 aliphatic heterocycles. The van der Waals surface area contributed by atoms with Gasteiger partial charge in [0, 0.05) is 5.02 Å².